The van der Waals surface area contributed by atoms with Crippen molar-refractivity contribution in [2.75, 3.05) is 12.3 Å². The van der Waals surface area contributed by atoms with Crippen LogP contribution in [0.5, 0.6) is 0 Å². The van der Waals surface area contributed by atoms with Crippen LogP contribution in [-0.2, 0) is 19.5 Å². The topological polar surface area (TPSA) is 0 Å². The van der Waals surface area contributed by atoms with Gasteiger partial charge in [0.1, 0.15) is 0 Å². The van der Waals surface area contributed by atoms with Gasteiger partial charge >= 0.3 is 7.25 Å². The smallest absolute Gasteiger partial charge is 0.418 e. The fourth-order valence-electron chi connectivity index (χ4n) is 4.47. The van der Waals surface area contributed by atoms with Crippen molar-refractivity contribution in [3.63, 3.8) is 0 Å². The Morgan fingerprint density at radius 2 is 0.800 bits per heavy atom. The van der Waals surface area contributed by atoms with Crippen LogP contribution < -0.4 is 0 Å². The summed E-state index contributed by atoms with van der Waals surface area (Å²) in [5.74, 6) is 0. The van der Waals surface area contributed by atoms with Crippen molar-refractivity contribution in [3.05, 3.63) is 24.3 Å². The third kappa shape index (κ3) is 14.0. The zero-order chi connectivity index (χ0) is 21.9. The minimum atomic E-state index is -6.00. The van der Waals surface area contributed by atoms with Crippen LogP contribution in [-0.4, -0.2) is 42.2 Å². The van der Waals surface area contributed by atoms with E-state index in [1.165, 1.54) is 51.4 Å². The van der Waals surface area contributed by atoms with E-state index in [1.54, 1.807) is 12.3 Å². The fraction of sp³-hybridized carbons (Fsp3) is 0.818. The summed E-state index contributed by atoms with van der Waals surface area (Å²) in [5.41, 5.74) is 4.31. The van der Waals surface area contributed by atoms with Gasteiger partial charge in [-0.25, -0.2) is 0 Å². The van der Waals surface area contributed by atoms with E-state index in [-0.39, 0.29) is 19.5 Å². The molecule has 0 saturated carbocycles. The Labute approximate surface area is 197 Å². The van der Waals surface area contributed by atoms with E-state index in [0.717, 1.165) is 22.6 Å². The predicted octanol–water partition coefficient (Wildman–Crippen LogP) is 9.06. The van der Waals surface area contributed by atoms with Gasteiger partial charge in [-0.3, -0.25) is 0 Å². The van der Waals surface area contributed by atoms with Crippen LogP contribution in [0.2, 0.25) is 0 Å². The summed E-state index contributed by atoms with van der Waals surface area (Å²) < 4.78 is 39.0. The van der Waals surface area contributed by atoms with Gasteiger partial charge in [-0.1, -0.05) is 52.0 Å². The number of hydrogen-bond acceptors (Lipinski definition) is 0. The van der Waals surface area contributed by atoms with Gasteiger partial charge in [-0.2, -0.15) is 0 Å². The largest absolute Gasteiger partial charge is 0.673 e. The molecule has 0 aromatic heterocycles. The van der Waals surface area contributed by atoms with Gasteiger partial charge in [-0.15, -0.1) is 15.8 Å². The van der Waals surface area contributed by atoms with Crippen molar-refractivity contribution in [2.45, 2.75) is 102 Å². The van der Waals surface area contributed by atoms with E-state index < -0.39 is 7.25 Å². The molecule has 30 heavy (non-hydrogen) atoms. The second kappa shape index (κ2) is 16.4. The molecular weight excluding hydrogens is 516 g/mol. The summed E-state index contributed by atoms with van der Waals surface area (Å²) in [4.78, 5) is 0. The number of rotatable bonds is 3. The van der Waals surface area contributed by atoms with Gasteiger partial charge < -0.3 is 17.3 Å². The van der Waals surface area contributed by atoms with E-state index >= 15 is 0 Å². The van der Waals surface area contributed by atoms with E-state index in [2.05, 4.69) is 52.0 Å². The maximum Gasteiger partial charge on any atom is 0.673 e. The molecule has 0 N–H and O–H groups in total. The van der Waals surface area contributed by atoms with Crippen LogP contribution in [0.15, 0.2) is 24.3 Å². The molecule has 4 atom stereocenters. The van der Waals surface area contributed by atoms with Crippen molar-refractivity contribution in [1.29, 1.82) is 0 Å². The second-order valence-corrected chi connectivity index (χ2v) is 15.1. The van der Waals surface area contributed by atoms with Crippen molar-refractivity contribution in [3.8, 4) is 0 Å². The third-order valence-corrected chi connectivity index (χ3v) is 13.6. The molecule has 0 aromatic rings. The van der Waals surface area contributed by atoms with Gasteiger partial charge in [0, 0.05) is 19.5 Å². The molecule has 0 nitrogen and oxygen atoms in total. The van der Waals surface area contributed by atoms with Gasteiger partial charge in [-0.05, 0) is 86.3 Å². The van der Waals surface area contributed by atoms with Crippen LogP contribution in [0.4, 0.5) is 17.3 Å². The standard InChI is InChI=1S/C14H28P2.C8H12.BF4.Rh/c1-11-5-6-12(2)15(11)9-10-16-13(3)7-8-14(16)4;1-2-4-6-8-7-5-3-1;2-1(3,4)5;/h11-14H,5-10H2,1-4H3;1-2,7-8H,3-6H2;;/q;;-1;/b;2-1-,8-7-;;/t11-,12-,13-,14-;;;/m0.../s1. The van der Waals surface area contributed by atoms with E-state index in [9.17, 15) is 17.3 Å². The van der Waals surface area contributed by atoms with E-state index in [1.807, 2.05) is 0 Å². The number of allylic oxidation sites excluding steroid dienone is 4. The fourth-order valence-corrected chi connectivity index (χ4v) is 11.7. The molecule has 3 rings (SSSR count). The Kier molecular flexibility index (Phi) is 16.8. The molecule has 2 saturated heterocycles. The molecule has 179 valence electrons. The van der Waals surface area contributed by atoms with Gasteiger partial charge in [0.25, 0.3) is 0 Å². The van der Waals surface area contributed by atoms with Crippen LogP contribution >= 0.6 is 15.8 Å². The molecule has 0 unspecified atom stereocenters. The molecule has 0 spiro atoms. The van der Waals surface area contributed by atoms with E-state index in [0.29, 0.717) is 15.8 Å². The average Bonchev–Trinajstić information content (AvgIpc) is 3.06. The minimum Gasteiger partial charge on any atom is -0.418 e. The summed E-state index contributed by atoms with van der Waals surface area (Å²) in [6, 6.07) is 0. The molecular formula is C22H40BF4P2Rh-. The summed E-state index contributed by atoms with van der Waals surface area (Å²) in [6.45, 7) is 10.1. The van der Waals surface area contributed by atoms with Crippen LogP contribution in [0.3, 0.4) is 0 Å². The normalized spacial score (nSPS) is 31.9. The molecule has 0 bridgehead atoms. The molecule has 0 amide bonds. The first-order chi connectivity index (χ1) is 13.6. The van der Waals surface area contributed by atoms with Gasteiger partial charge in [0.2, 0.25) is 0 Å². The quantitative estimate of drug-likeness (QED) is 0.141. The first-order valence-electron chi connectivity index (χ1n) is 11.3. The zero-order valence-corrected chi connectivity index (χ0v) is 22.4. The monoisotopic (exact) mass is 556 g/mol. The summed E-state index contributed by atoms with van der Waals surface area (Å²) in [6.07, 6.45) is 23.3. The first kappa shape index (κ1) is 30.7. The molecule has 3 aliphatic rings. The van der Waals surface area contributed by atoms with Crippen molar-refractivity contribution >= 4 is 23.1 Å². The Balaban J connectivity index is 0.000000504. The van der Waals surface area contributed by atoms with E-state index in [4.69, 9.17) is 0 Å². The van der Waals surface area contributed by atoms with Gasteiger partial charge in [0.15, 0.2) is 0 Å². The Hall–Kier alpha value is 0.748. The molecule has 2 fully saturated rings. The third-order valence-electron chi connectivity index (χ3n) is 6.22. The van der Waals surface area contributed by atoms with Crippen LogP contribution in [0.1, 0.15) is 79.1 Å². The van der Waals surface area contributed by atoms with Crippen molar-refractivity contribution < 1.29 is 36.7 Å². The Morgan fingerprint density at radius 1 is 0.600 bits per heavy atom. The minimum absolute atomic E-state index is 0. The van der Waals surface area contributed by atoms with Crippen molar-refractivity contribution in [2.24, 2.45) is 0 Å². The molecule has 8 heteroatoms. The van der Waals surface area contributed by atoms with Crippen LogP contribution in [0.25, 0.3) is 0 Å². The summed E-state index contributed by atoms with van der Waals surface area (Å²) >= 11 is 0. The Morgan fingerprint density at radius 3 is 1.00 bits per heavy atom. The molecule has 1 aliphatic carbocycles. The molecule has 2 aliphatic heterocycles. The summed E-state index contributed by atoms with van der Waals surface area (Å²) in [5, 5.41) is 0. The maximum atomic E-state index is 9.75. The SMILES string of the molecule is C1=C\CC/C=C\CC/1.C[C@H]1CC[C@H](C)P1CCP1[C@@H](C)CC[C@@H]1C.F[B-](F)(F)F.[Rh]. The zero-order valence-electron chi connectivity index (χ0n) is 19.0. The first-order valence-corrected chi connectivity index (χ1v) is 14.6. The van der Waals surface area contributed by atoms with Crippen LogP contribution in [0, 0.1) is 0 Å². The average molecular weight is 556 g/mol. The van der Waals surface area contributed by atoms with Gasteiger partial charge in [0.05, 0.1) is 0 Å². The Bertz CT molecular complexity index is 426. The molecule has 2 heterocycles. The predicted molar refractivity (Wildman–Crippen MR) is 127 cm³/mol. The second-order valence-electron chi connectivity index (χ2n) is 8.62. The maximum absolute atomic E-state index is 9.75. The van der Waals surface area contributed by atoms with Crippen molar-refractivity contribution in [1.82, 2.24) is 0 Å². The summed E-state index contributed by atoms with van der Waals surface area (Å²) in [7, 11) is -5.21. The molecule has 0 aromatic carbocycles. The number of hydrogen-bond donors (Lipinski definition) is 0. The number of halogens is 4. The molecule has 1 radical (unpaired) electrons.